The van der Waals surface area contributed by atoms with Gasteiger partial charge in [-0.05, 0) is 17.7 Å². The third-order valence-electron chi connectivity index (χ3n) is 3.18. The number of nitrogens with one attached hydrogen (secondary N) is 3. The number of carbonyl (C=O) groups is 1. The van der Waals surface area contributed by atoms with Gasteiger partial charge in [0.25, 0.3) is 0 Å². The summed E-state index contributed by atoms with van der Waals surface area (Å²) in [5, 5.41) is 9.32. The number of amides is 1. The molecule has 0 aliphatic rings. The minimum absolute atomic E-state index is 0.430. The van der Waals surface area contributed by atoms with Crippen LogP contribution in [0.1, 0.15) is 5.56 Å². The lowest BCUT2D eigenvalue weighted by atomic mass is 10.2. The standard InChI is InChI=1S/C18H23N3O2/c22-18(23-17-9-5-2-6-10-17)21-14-13-19-11-12-20-15-16-7-3-1-4-8-16/h1-10,19-20H,11-15H2,(H,21,22). The lowest BCUT2D eigenvalue weighted by Crippen LogP contribution is -2.36. The third-order valence-corrected chi connectivity index (χ3v) is 3.18. The molecule has 0 heterocycles. The van der Waals surface area contributed by atoms with Crippen LogP contribution >= 0.6 is 0 Å². The van der Waals surface area contributed by atoms with Crippen molar-refractivity contribution in [3.05, 3.63) is 66.2 Å². The fraction of sp³-hybridized carbons (Fsp3) is 0.278. The van der Waals surface area contributed by atoms with Crippen LogP contribution in [0.2, 0.25) is 0 Å². The molecule has 2 aromatic rings. The van der Waals surface area contributed by atoms with Gasteiger partial charge in [-0.25, -0.2) is 4.79 Å². The van der Waals surface area contributed by atoms with Gasteiger partial charge in [-0.1, -0.05) is 48.5 Å². The normalized spacial score (nSPS) is 10.3. The smallest absolute Gasteiger partial charge is 0.410 e. The Kier molecular flexibility index (Phi) is 7.66. The lowest BCUT2D eigenvalue weighted by molar-refractivity contribution is 0.200. The Hall–Kier alpha value is -2.37. The molecule has 0 aromatic heterocycles. The average Bonchev–Trinajstić information content (AvgIpc) is 2.59. The highest BCUT2D eigenvalue weighted by atomic mass is 16.5. The summed E-state index contributed by atoms with van der Waals surface area (Å²) in [6.07, 6.45) is -0.430. The van der Waals surface area contributed by atoms with Gasteiger partial charge in [0.15, 0.2) is 0 Å². The molecule has 0 aliphatic carbocycles. The van der Waals surface area contributed by atoms with Crippen molar-refractivity contribution in [2.24, 2.45) is 0 Å². The topological polar surface area (TPSA) is 62.4 Å². The van der Waals surface area contributed by atoms with Crippen molar-refractivity contribution in [1.29, 1.82) is 0 Å². The number of hydrogen-bond acceptors (Lipinski definition) is 4. The summed E-state index contributed by atoms with van der Waals surface area (Å²) in [5.74, 6) is 0.545. The Morgan fingerprint density at radius 3 is 2.13 bits per heavy atom. The molecule has 1 amide bonds. The van der Waals surface area contributed by atoms with Crippen molar-refractivity contribution in [2.75, 3.05) is 26.2 Å². The SMILES string of the molecule is O=C(NCCNCCNCc1ccccc1)Oc1ccccc1. The van der Waals surface area contributed by atoms with Gasteiger partial charge >= 0.3 is 6.09 Å². The molecule has 0 aliphatic heterocycles. The first-order valence-corrected chi connectivity index (χ1v) is 7.81. The van der Waals surface area contributed by atoms with Gasteiger partial charge in [-0.2, -0.15) is 0 Å². The van der Waals surface area contributed by atoms with Crippen LogP contribution in [0, 0.1) is 0 Å². The van der Waals surface area contributed by atoms with Crippen LogP contribution in [-0.2, 0) is 6.54 Å². The second kappa shape index (κ2) is 10.4. The molecule has 0 spiro atoms. The molecule has 122 valence electrons. The maximum absolute atomic E-state index is 11.5. The average molecular weight is 313 g/mol. The monoisotopic (exact) mass is 313 g/mol. The van der Waals surface area contributed by atoms with Crippen LogP contribution in [0.25, 0.3) is 0 Å². The number of para-hydroxylation sites is 1. The van der Waals surface area contributed by atoms with Gasteiger partial charge in [0.2, 0.25) is 0 Å². The molecule has 0 saturated heterocycles. The van der Waals surface area contributed by atoms with Crippen molar-refractivity contribution < 1.29 is 9.53 Å². The van der Waals surface area contributed by atoms with E-state index in [1.165, 1.54) is 5.56 Å². The quantitative estimate of drug-likeness (QED) is 0.621. The van der Waals surface area contributed by atoms with E-state index >= 15 is 0 Å². The zero-order chi connectivity index (χ0) is 16.2. The molecule has 2 aromatic carbocycles. The van der Waals surface area contributed by atoms with Crippen molar-refractivity contribution in [3.8, 4) is 5.75 Å². The summed E-state index contributed by atoms with van der Waals surface area (Å²) in [4.78, 5) is 11.5. The fourth-order valence-electron chi connectivity index (χ4n) is 2.01. The van der Waals surface area contributed by atoms with Gasteiger partial charge in [-0.3, -0.25) is 0 Å². The summed E-state index contributed by atoms with van der Waals surface area (Å²) in [5.41, 5.74) is 1.28. The second-order valence-electron chi connectivity index (χ2n) is 5.04. The van der Waals surface area contributed by atoms with Gasteiger partial charge < -0.3 is 20.7 Å². The highest BCUT2D eigenvalue weighted by molar-refractivity contribution is 5.70. The number of rotatable bonds is 9. The van der Waals surface area contributed by atoms with E-state index < -0.39 is 6.09 Å². The zero-order valence-electron chi connectivity index (χ0n) is 13.1. The minimum Gasteiger partial charge on any atom is -0.410 e. The summed E-state index contributed by atoms with van der Waals surface area (Å²) in [6, 6.07) is 19.3. The van der Waals surface area contributed by atoms with Gasteiger partial charge in [0.1, 0.15) is 5.75 Å². The van der Waals surface area contributed by atoms with E-state index in [1.807, 2.05) is 36.4 Å². The third kappa shape index (κ3) is 7.44. The molecule has 0 unspecified atom stereocenters. The second-order valence-corrected chi connectivity index (χ2v) is 5.04. The Morgan fingerprint density at radius 2 is 1.39 bits per heavy atom. The minimum atomic E-state index is -0.430. The first-order valence-electron chi connectivity index (χ1n) is 7.81. The van der Waals surface area contributed by atoms with Crippen LogP contribution in [0.4, 0.5) is 4.79 Å². The lowest BCUT2D eigenvalue weighted by Gasteiger charge is -2.08. The molecule has 0 bridgehead atoms. The van der Waals surface area contributed by atoms with Crippen molar-refractivity contribution >= 4 is 6.09 Å². The van der Waals surface area contributed by atoms with Crippen LogP contribution < -0.4 is 20.7 Å². The maximum atomic E-state index is 11.5. The van der Waals surface area contributed by atoms with Crippen LogP contribution in [0.5, 0.6) is 5.75 Å². The molecule has 5 nitrogen and oxygen atoms in total. The Morgan fingerprint density at radius 1 is 0.783 bits per heavy atom. The predicted molar refractivity (Wildman–Crippen MR) is 91.5 cm³/mol. The van der Waals surface area contributed by atoms with E-state index in [-0.39, 0.29) is 0 Å². The molecule has 23 heavy (non-hydrogen) atoms. The molecular formula is C18H23N3O2. The van der Waals surface area contributed by atoms with Crippen LogP contribution in [0.15, 0.2) is 60.7 Å². The van der Waals surface area contributed by atoms with E-state index in [1.54, 1.807) is 12.1 Å². The highest BCUT2D eigenvalue weighted by Gasteiger charge is 2.01. The van der Waals surface area contributed by atoms with Crippen molar-refractivity contribution in [2.45, 2.75) is 6.54 Å². The summed E-state index contributed by atoms with van der Waals surface area (Å²) in [7, 11) is 0. The molecular weight excluding hydrogens is 290 g/mol. The molecule has 0 radical (unpaired) electrons. The summed E-state index contributed by atoms with van der Waals surface area (Å²) >= 11 is 0. The van der Waals surface area contributed by atoms with E-state index in [2.05, 4.69) is 28.1 Å². The fourth-order valence-corrected chi connectivity index (χ4v) is 2.01. The van der Waals surface area contributed by atoms with Gasteiger partial charge in [0.05, 0.1) is 0 Å². The first-order chi connectivity index (χ1) is 11.3. The van der Waals surface area contributed by atoms with Crippen LogP contribution in [0.3, 0.4) is 0 Å². The van der Waals surface area contributed by atoms with E-state index in [4.69, 9.17) is 4.74 Å². The number of hydrogen-bond donors (Lipinski definition) is 3. The van der Waals surface area contributed by atoms with Crippen LogP contribution in [-0.4, -0.2) is 32.3 Å². The number of benzene rings is 2. The maximum Gasteiger partial charge on any atom is 0.412 e. The highest BCUT2D eigenvalue weighted by Crippen LogP contribution is 2.07. The van der Waals surface area contributed by atoms with Crippen molar-refractivity contribution in [3.63, 3.8) is 0 Å². The predicted octanol–water partition coefficient (Wildman–Crippen LogP) is 2.15. The first kappa shape index (κ1) is 17.0. The number of carbonyl (C=O) groups excluding carboxylic acids is 1. The molecule has 5 heteroatoms. The molecule has 0 fully saturated rings. The Balaban J connectivity index is 1.44. The molecule has 0 atom stereocenters. The molecule has 2 rings (SSSR count). The zero-order valence-corrected chi connectivity index (χ0v) is 13.1. The summed E-state index contributed by atoms with van der Waals surface area (Å²) in [6.45, 7) is 3.83. The summed E-state index contributed by atoms with van der Waals surface area (Å²) < 4.78 is 5.12. The largest absolute Gasteiger partial charge is 0.412 e. The van der Waals surface area contributed by atoms with Gasteiger partial charge in [0, 0.05) is 32.7 Å². The molecule has 3 N–H and O–H groups in total. The van der Waals surface area contributed by atoms with E-state index in [0.29, 0.717) is 18.8 Å². The number of ether oxygens (including phenoxy) is 1. The van der Waals surface area contributed by atoms with Crippen molar-refractivity contribution in [1.82, 2.24) is 16.0 Å². The van der Waals surface area contributed by atoms with E-state index in [9.17, 15) is 4.79 Å². The Bertz CT molecular complexity index is 561. The van der Waals surface area contributed by atoms with E-state index in [0.717, 1.165) is 19.6 Å². The Labute approximate surface area is 137 Å². The van der Waals surface area contributed by atoms with Gasteiger partial charge in [-0.15, -0.1) is 0 Å². The molecule has 0 saturated carbocycles.